The van der Waals surface area contributed by atoms with Crippen molar-refractivity contribution in [2.45, 2.75) is 18.9 Å². The van der Waals surface area contributed by atoms with Crippen LogP contribution in [0.3, 0.4) is 0 Å². The number of amides is 1. The van der Waals surface area contributed by atoms with Crippen molar-refractivity contribution in [2.24, 2.45) is 0 Å². The van der Waals surface area contributed by atoms with Gasteiger partial charge in [0, 0.05) is 37.9 Å². The highest BCUT2D eigenvalue weighted by atomic mass is 16.7. The third-order valence-electron chi connectivity index (χ3n) is 4.21. The van der Waals surface area contributed by atoms with Gasteiger partial charge >= 0.3 is 0 Å². The molecular weight excluding hydrogens is 268 g/mol. The lowest BCUT2D eigenvalue weighted by atomic mass is 10.0. The van der Waals surface area contributed by atoms with Crippen molar-refractivity contribution in [3.8, 4) is 0 Å². The topological polar surface area (TPSA) is 50.1 Å². The lowest BCUT2D eigenvalue weighted by Gasteiger charge is -2.35. The highest BCUT2D eigenvalue weighted by Gasteiger charge is 2.26. The van der Waals surface area contributed by atoms with Crippen molar-refractivity contribution in [3.63, 3.8) is 0 Å². The highest BCUT2D eigenvalue weighted by Crippen LogP contribution is 2.18. The first-order valence-electron chi connectivity index (χ1n) is 7.17. The molecule has 0 atom stereocenters. The van der Waals surface area contributed by atoms with E-state index in [1.807, 2.05) is 39.7 Å². The van der Waals surface area contributed by atoms with Crippen LogP contribution >= 0.6 is 0 Å². The smallest absolute Gasteiger partial charge is 0.253 e. The van der Waals surface area contributed by atoms with Crippen LogP contribution in [-0.2, 0) is 4.84 Å². The van der Waals surface area contributed by atoms with E-state index >= 15 is 0 Å². The Morgan fingerprint density at radius 2 is 2.19 bits per heavy atom. The molecule has 1 saturated heterocycles. The van der Waals surface area contributed by atoms with Crippen LogP contribution in [0.1, 0.15) is 23.2 Å². The number of hydroxylamine groups is 2. The quantitative estimate of drug-likeness (QED) is 0.802. The minimum absolute atomic E-state index is 0.0946. The molecule has 112 valence electrons. The van der Waals surface area contributed by atoms with Crippen LogP contribution in [0, 0.1) is 0 Å². The van der Waals surface area contributed by atoms with Crippen LogP contribution in [-0.4, -0.2) is 58.5 Å². The molecule has 2 aromatic heterocycles. The summed E-state index contributed by atoms with van der Waals surface area (Å²) in [7, 11) is 3.62. The van der Waals surface area contributed by atoms with Crippen molar-refractivity contribution >= 4 is 11.4 Å². The summed E-state index contributed by atoms with van der Waals surface area (Å²) in [6, 6.07) is 4.13. The van der Waals surface area contributed by atoms with Gasteiger partial charge in [-0.15, -0.1) is 0 Å². The summed E-state index contributed by atoms with van der Waals surface area (Å²) in [5.41, 5.74) is 1.66. The van der Waals surface area contributed by atoms with Gasteiger partial charge in [0.15, 0.2) is 0 Å². The number of carbonyl (C=O) groups excluding carboxylic acids is 1. The highest BCUT2D eigenvalue weighted by molar-refractivity contribution is 5.95. The van der Waals surface area contributed by atoms with Gasteiger partial charge in [-0.3, -0.25) is 4.79 Å². The molecular formula is C15H20N4O2. The Morgan fingerprint density at radius 1 is 1.43 bits per heavy atom. The summed E-state index contributed by atoms with van der Waals surface area (Å²) in [4.78, 5) is 23.8. The van der Waals surface area contributed by atoms with E-state index < -0.39 is 0 Å². The fraction of sp³-hybridized carbons (Fsp3) is 0.467. The second-order valence-corrected chi connectivity index (χ2v) is 5.39. The monoisotopic (exact) mass is 288 g/mol. The first kappa shape index (κ1) is 14.0. The van der Waals surface area contributed by atoms with Crippen LogP contribution in [0.2, 0.25) is 0 Å². The molecule has 6 nitrogen and oxygen atoms in total. The first-order chi connectivity index (χ1) is 10.2. The Hall–Kier alpha value is -1.92. The average molecular weight is 288 g/mol. The van der Waals surface area contributed by atoms with Crippen LogP contribution < -0.4 is 0 Å². The van der Waals surface area contributed by atoms with E-state index in [0.717, 1.165) is 37.0 Å². The van der Waals surface area contributed by atoms with E-state index in [4.69, 9.17) is 4.84 Å². The normalized spacial score (nSPS) is 16.8. The van der Waals surface area contributed by atoms with Gasteiger partial charge in [0.25, 0.3) is 5.91 Å². The van der Waals surface area contributed by atoms with E-state index in [1.54, 1.807) is 19.6 Å². The lowest BCUT2D eigenvalue weighted by Crippen LogP contribution is -2.45. The van der Waals surface area contributed by atoms with Gasteiger partial charge in [-0.2, -0.15) is 5.06 Å². The molecule has 1 amide bonds. The average Bonchev–Trinajstić information content (AvgIpc) is 3.01. The van der Waals surface area contributed by atoms with Gasteiger partial charge in [0.05, 0.1) is 25.2 Å². The second-order valence-electron chi connectivity index (χ2n) is 5.39. The maximum absolute atomic E-state index is 12.6. The fourth-order valence-electron chi connectivity index (χ4n) is 2.82. The minimum Gasteiger partial charge on any atom is -0.339 e. The number of likely N-dealkylation sites (tertiary alicyclic amines) is 1. The number of rotatable bonds is 3. The van der Waals surface area contributed by atoms with Gasteiger partial charge in [-0.1, -0.05) is 0 Å². The fourth-order valence-corrected chi connectivity index (χ4v) is 2.82. The molecule has 2 aromatic rings. The van der Waals surface area contributed by atoms with E-state index in [0.29, 0.717) is 6.04 Å². The SMILES string of the molecule is CON(C)C1CCN(C(=O)c2ccn3cncc3c2)CC1. The standard InChI is InChI=1S/C15H20N4O2/c1-17(21-2)13-4-7-18(8-5-13)15(20)12-3-6-19-11-16-10-14(19)9-12/h3,6,9-11,13H,4-5,7-8H2,1-2H3. The van der Waals surface area contributed by atoms with Crippen molar-refractivity contribution in [1.29, 1.82) is 0 Å². The number of pyridine rings is 1. The molecule has 0 N–H and O–H groups in total. The summed E-state index contributed by atoms with van der Waals surface area (Å²) in [6.45, 7) is 1.53. The number of hydrogen-bond donors (Lipinski definition) is 0. The molecule has 1 fully saturated rings. The number of carbonyl (C=O) groups is 1. The van der Waals surface area contributed by atoms with Gasteiger partial charge < -0.3 is 14.1 Å². The van der Waals surface area contributed by atoms with E-state index in [2.05, 4.69) is 4.98 Å². The molecule has 1 aliphatic rings. The summed E-state index contributed by atoms with van der Waals surface area (Å²) in [6.07, 6.45) is 7.24. The largest absolute Gasteiger partial charge is 0.339 e. The molecule has 6 heteroatoms. The van der Waals surface area contributed by atoms with E-state index in [-0.39, 0.29) is 5.91 Å². The van der Waals surface area contributed by atoms with Crippen LogP contribution in [0.25, 0.3) is 5.52 Å². The predicted octanol–water partition coefficient (Wildman–Crippen LogP) is 1.43. The Morgan fingerprint density at radius 3 is 2.90 bits per heavy atom. The number of imidazole rings is 1. The molecule has 0 spiro atoms. The van der Waals surface area contributed by atoms with Crippen molar-refractivity contribution in [3.05, 3.63) is 36.4 Å². The second kappa shape index (κ2) is 5.83. The van der Waals surface area contributed by atoms with Gasteiger partial charge in [0.2, 0.25) is 0 Å². The molecule has 0 aromatic carbocycles. The van der Waals surface area contributed by atoms with E-state index in [9.17, 15) is 4.79 Å². The number of hydrogen-bond acceptors (Lipinski definition) is 4. The third kappa shape index (κ3) is 2.77. The lowest BCUT2D eigenvalue weighted by molar-refractivity contribution is -0.149. The third-order valence-corrected chi connectivity index (χ3v) is 4.21. The Bertz CT molecular complexity index is 631. The zero-order valence-electron chi connectivity index (χ0n) is 12.4. The Labute approximate surface area is 123 Å². The van der Waals surface area contributed by atoms with Crippen molar-refractivity contribution in [2.75, 3.05) is 27.2 Å². The number of piperidine rings is 1. The van der Waals surface area contributed by atoms with Crippen LogP contribution in [0.5, 0.6) is 0 Å². The Kier molecular flexibility index (Phi) is 3.90. The van der Waals surface area contributed by atoms with E-state index in [1.165, 1.54) is 0 Å². The molecule has 0 radical (unpaired) electrons. The van der Waals surface area contributed by atoms with Gasteiger partial charge in [-0.05, 0) is 25.0 Å². The summed E-state index contributed by atoms with van der Waals surface area (Å²) in [5, 5.41) is 1.88. The summed E-state index contributed by atoms with van der Waals surface area (Å²) < 4.78 is 1.90. The summed E-state index contributed by atoms with van der Waals surface area (Å²) in [5.74, 6) is 0.0946. The summed E-state index contributed by atoms with van der Waals surface area (Å²) >= 11 is 0. The maximum atomic E-state index is 12.6. The van der Waals surface area contributed by atoms with Crippen LogP contribution in [0.15, 0.2) is 30.9 Å². The van der Waals surface area contributed by atoms with Crippen molar-refractivity contribution in [1.82, 2.24) is 19.3 Å². The Balaban J connectivity index is 1.68. The number of fused-ring (bicyclic) bond motifs is 1. The molecule has 0 unspecified atom stereocenters. The van der Waals surface area contributed by atoms with Crippen molar-refractivity contribution < 1.29 is 9.63 Å². The zero-order valence-corrected chi connectivity index (χ0v) is 12.4. The molecule has 0 bridgehead atoms. The first-order valence-corrected chi connectivity index (χ1v) is 7.17. The maximum Gasteiger partial charge on any atom is 0.253 e. The minimum atomic E-state index is 0.0946. The number of nitrogens with zero attached hydrogens (tertiary/aromatic N) is 4. The molecule has 3 rings (SSSR count). The van der Waals surface area contributed by atoms with Gasteiger partial charge in [-0.25, -0.2) is 4.98 Å². The molecule has 0 saturated carbocycles. The molecule has 0 aliphatic carbocycles. The number of aromatic nitrogens is 2. The molecule has 1 aliphatic heterocycles. The molecule has 3 heterocycles. The predicted molar refractivity (Wildman–Crippen MR) is 78.9 cm³/mol. The molecule has 21 heavy (non-hydrogen) atoms. The van der Waals surface area contributed by atoms with Crippen LogP contribution in [0.4, 0.5) is 0 Å². The van der Waals surface area contributed by atoms with Gasteiger partial charge in [0.1, 0.15) is 0 Å². The zero-order chi connectivity index (χ0) is 14.8.